The first-order valence-corrected chi connectivity index (χ1v) is 7.56. The van der Waals surface area contributed by atoms with Gasteiger partial charge in [0.1, 0.15) is 5.52 Å². The van der Waals surface area contributed by atoms with E-state index in [1.165, 1.54) is 11.1 Å². The number of hydrogen-bond acceptors (Lipinski definition) is 3. The molecule has 0 saturated carbocycles. The van der Waals surface area contributed by atoms with Crippen LogP contribution in [0.5, 0.6) is 0 Å². The molecule has 3 heterocycles. The standard InChI is InChI=1S/C15H19N5S/c1-4-5-12-13-14(19(3)18-12)20(15(21)17-13)9-11-6-7-16-8-10(11)2/h6-8H,4-5,9H2,1-3H3,(H,17,21). The third-order valence-corrected chi connectivity index (χ3v) is 4.10. The van der Waals surface area contributed by atoms with E-state index in [1.807, 2.05) is 30.2 Å². The summed E-state index contributed by atoms with van der Waals surface area (Å²) in [4.78, 5) is 7.46. The molecule has 0 aliphatic rings. The number of nitrogens with one attached hydrogen (secondary N) is 1. The summed E-state index contributed by atoms with van der Waals surface area (Å²) < 4.78 is 4.77. The highest BCUT2D eigenvalue weighted by Crippen LogP contribution is 2.20. The Labute approximate surface area is 128 Å². The van der Waals surface area contributed by atoms with Crippen LogP contribution in [0.1, 0.15) is 30.2 Å². The van der Waals surface area contributed by atoms with Crippen LogP contribution < -0.4 is 0 Å². The van der Waals surface area contributed by atoms with Crippen molar-refractivity contribution in [3.63, 3.8) is 0 Å². The SMILES string of the molecule is CCCc1nn(C)c2c1[nH]c(=S)n2Cc1ccncc1C. The zero-order chi connectivity index (χ0) is 15.0. The maximum Gasteiger partial charge on any atom is 0.179 e. The Kier molecular flexibility index (Phi) is 3.63. The van der Waals surface area contributed by atoms with Crippen LogP contribution in [0.2, 0.25) is 0 Å². The van der Waals surface area contributed by atoms with Crippen LogP contribution in [0.15, 0.2) is 18.5 Å². The van der Waals surface area contributed by atoms with Crippen LogP contribution >= 0.6 is 12.2 Å². The number of aromatic amines is 1. The minimum Gasteiger partial charge on any atom is -0.328 e. The normalized spacial score (nSPS) is 11.4. The number of rotatable bonds is 4. The van der Waals surface area contributed by atoms with E-state index in [2.05, 4.69) is 33.5 Å². The van der Waals surface area contributed by atoms with E-state index in [-0.39, 0.29) is 0 Å². The summed E-state index contributed by atoms with van der Waals surface area (Å²) in [7, 11) is 1.97. The Morgan fingerprint density at radius 1 is 1.38 bits per heavy atom. The van der Waals surface area contributed by atoms with E-state index < -0.39 is 0 Å². The second-order valence-corrected chi connectivity index (χ2v) is 5.72. The second kappa shape index (κ2) is 5.44. The van der Waals surface area contributed by atoms with Gasteiger partial charge >= 0.3 is 0 Å². The fraction of sp³-hybridized carbons (Fsp3) is 0.400. The fourth-order valence-corrected chi connectivity index (χ4v) is 2.94. The van der Waals surface area contributed by atoms with Gasteiger partial charge in [-0.05, 0) is 42.8 Å². The summed E-state index contributed by atoms with van der Waals surface area (Å²) in [6.45, 7) is 4.96. The molecule has 0 spiro atoms. The smallest absolute Gasteiger partial charge is 0.179 e. The lowest BCUT2D eigenvalue weighted by Gasteiger charge is -2.07. The molecule has 6 heteroatoms. The van der Waals surface area contributed by atoms with Gasteiger partial charge < -0.3 is 4.98 Å². The highest BCUT2D eigenvalue weighted by Gasteiger charge is 2.15. The molecule has 21 heavy (non-hydrogen) atoms. The predicted molar refractivity (Wildman–Crippen MR) is 86.0 cm³/mol. The number of aromatic nitrogens is 5. The van der Waals surface area contributed by atoms with Crippen LogP contribution in [0, 0.1) is 11.7 Å². The molecule has 0 amide bonds. The second-order valence-electron chi connectivity index (χ2n) is 5.34. The lowest BCUT2D eigenvalue weighted by atomic mass is 10.1. The first-order valence-electron chi connectivity index (χ1n) is 7.15. The number of hydrogen-bond donors (Lipinski definition) is 1. The third-order valence-electron chi connectivity index (χ3n) is 3.77. The largest absolute Gasteiger partial charge is 0.328 e. The summed E-state index contributed by atoms with van der Waals surface area (Å²) in [6.07, 6.45) is 5.73. The van der Waals surface area contributed by atoms with Crippen molar-refractivity contribution in [1.29, 1.82) is 0 Å². The van der Waals surface area contributed by atoms with E-state index in [4.69, 9.17) is 12.2 Å². The van der Waals surface area contributed by atoms with Gasteiger partial charge in [-0.1, -0.05) is 13.3 Å². The number of aryl methyl sites for hydroxylation is 3. The van der Waals surface area contributed by atoms with Gasteiger partial charge in [0.05, 0.1) is 12.2 Å². The molecule has 3 aromatic heterocycles. The highest BCUT2D eigenvalue weighted by molar-refractivity contribution is 7.71. The van der Waals surface area contributed by atoms with Gasteiger partial charge in [0.2, 0.25) is 0 Å². The van der Waals surface area contributed by atoms with Gasteiger partial charge in [0.15, 0.2) is 10.4 Å². The van der Waals surface area contributed by atoms with Gasteiger partial charge in [0.25, 0.3) is 0 Å². The molecule has 110 valence electrons. The molecule has 0 unspecified atom stereocenters. The van der Waals surface area contributed by atoms with E-state index in [0.717, 1.165) is 41.0 Å². The maximum absolute atomic E-state index is 5.50. The molecule has 0 bridgehead atoms. The zero-order valence-electron chi connectivity index (χ0n) is 12.6. The number of H-pyrrole nitrogens is 1. The molecule has 3 aromatic rings. The van der Waals surface area contributed by atoms with Crippen molar-refractivity contribution in [3.05, 3.63) is 40.1 Å². The molecule has 0 saturated heterocycles. The Morgan fingerprint density at radius 3 is 2.90 bits per heavy atom. The topological polar surface area (TPSA) is 51.4 Å². The Balaban J connectivity index is 2.13. The maximum atomic E-state index is 5.50. The average molecular weight is 301 g/mol. The van der Waals surface area contributed by atoms with Crippen molar-refractivity contribution in [2.45, 2.75) is 33.2 Å². The summed E-state index contributed by atoms with van der Waals surface area (Å²) in [5.41, 5.74) is 5.60. The molecule has 1 N–H and O–H groups in total. The van der Waals surface area contributed by atoms with Crippen molar-refractivity contribution < 1.29 is 0 Å². The van der Waals surface area contributed by atoms with Crippen molar-refractivity contribution in [2.24, 2.45) is 7.05 Å². The number of fused-ring (bicyclic) bond motifs is 1. The molecule has 0 radical (unpaired) electrons. The van der Waals surface area contributed by atoms with Gasteiger partial charge in [0, 0.05) is 19.4 Å². The number of pyridine rings is 1. The lowest BCUT2D eigenvalue weighted by Crippen LogP contribution is -2.05. The molecule has 5 nitrogen and oxygen atoms in total. The summed E-state index contributed by atoms with van der Waals surface area (Å²) >= 11 is 5.50. The zero-order valence-corrected chi connectivity index (χ0v) is 13.4. The van der Waals surface area contributed by atoms with Crippen LogP contribution in [-0.4, -0.2) is 24.3 Å². The lowest BCUT2D eigenvalue weighted by molar-refractivity contribution is 0.701. The quantitative estimate of drug-likeness (QED) is 0.753. The van der Waals surface area contributed by atoms with E-state index >= 15 is 0 Å². The molecule has 0 atom stereocenters. The van der Waals surface area contributed by atoms with Gasteiger partial charge in [-0.15, -0.1) is 0 Å². The Morgan fingerprint density at radius 2 is 2.19 bits per heavy atom. The minimum atomic E-state index is 0.734. The fourth-order valence-electron chi connectivity index (χ4n) is 2.69. The van der Waals surface area contributed by atoms with Gasteiger partial charge in [-0.3, -0.25) is 14.2 Å². The predicted octanol–water partition coefficient (Wildman–Crippen LogP) is 3.14. The van der Waals surface area contributed by atoms with Crippen molar-refractivity contribution in [2.75, 3.05) is 0 Å². The van der Waals surface area contributed by atoms with Crippen LogP contribution in [0.25, 0.3) is 11.2 Å². The summed E-state index contributed by atoms with van der Waals surface area (Å²) in [5, 5.41) is 4.61. The monoisotopic (exact) mass is 301 g/mol. The van der Waals surface area contributed by atoms with E-state index in [9.17, 15) is 0 Å². The minimum absolute atomic E-state index is 0.734. The first-order chi connectivity index (χ1) is 10.1. The van der Waals surface area contributed by atoms with E-state index in [0.29, 0.717) is 0 Å². The molecular formula is C15H19N5S. The highest BCUT2D eigenvalue weighted by atomic mass is 32.1. The molecule has 0 fully saturated rings. The van der Waals surface area contributed by atoms with Crippen LogP contribution in [0.3, 0.4) is 0 Å². The van der Waals surface area contributed by atoms with Crippen LogP contribution in [0.4, 0.5) is 0 Å². The summed E-state index contributed by atoms with van der Waals surface area (Å²) in [6, 6.07) is 2.04. The first kappa shape index (κ1) is 14.0. The van der Waals surface area contributed by atoms with E-state index in [1.54, 1.807) is 0 Å². The van der Waals surface area contributed by atoms with Gasteiger partial charge in [-0.25, -0.2) is 0 Å². The van der Waals surface area contributed by atoms with Crippen LogP contribution in [-0.2, 0) is 20.0 Å². The van der Waals surface area contributed by atoms with Crippen molar-refractivity contribution >= 4 is 23.4 Å². The number of nitrogens with zero attached hydrogens (tertiary/aromatic N) is 4. The Bertz CT molecular complexity index is 839. The van der Waals surface area contributed by atoms with Gasteiger partial charge in [-0.2, -0.15) is 5.10 Å². The molecular weight excluding hydrogens is 282 g/mol. The summed E-state index contributed by atoms with van der Waals surface area (Å²) in [5.74, 6) is 0. The molecule has 3 rings (SSSR count). The number of imidazole rings is 1. The molecule has 0 aromatic carbocycles. The Hall–Kier alpha value is -1.95. The van der Waals surface area contributed by atoms with Crippen molar-refractivity contribution in [3.8, 4) is 0 Å². The average Bonchev–Trinajstić information content (AvgIpc) is 2.92. The molecule has 0 aliphatic heterocycles. The third kappa shape index (κ3) is 2.40. The van der Waals surface area contributed by atoms with Crippen molar-refractivity contribution in [1.82, 2.24) is 24.3 Å². The molecule has 0 aliphatic carbocycles.